The summed E-state index contributed by atoms with van der Waals surface area (Å²) < 4.78 is 23.1. The first-order valence-corrected chi connectivity index (χ1v) is 10.9. The van der Waals surface area contributed by atoms with Crippen molar-refractivity contribution in [1.29, 1.82) is 0 Å². The van der Waals surface area contributed by atoms with Crippen LogP contribution in [-0.2, 0) is 9.13 Å². The fraction of sp³-hybridized carbons (Fsp3) is 1.00. The minimum absolute atomic E-state index is 0.129. The maximum Gasteiger partial charge on any atom is 0.342 e. The van der Waals surface area contributed by atoms with E-state index in [1.165, 1.54) is 0 Å². The van der Waals surface area contributed by atoms with E-state index in [1.54, 1.807) is 41.5 Å². The van der Waals surface area contributed by atoms with Crippen LogP contribution < -0.4 is 10.6 Å². The third-order valence-corrected chi connectivity index (χ3v) is 5.37. The first-order valence-electron chi connectivity index (χ1n) is 7.58. The van der Waals surface area contributed by atoms with E-state index in [2.05, 4.69) is 10.6 Å². The van der Waals surface area contributed by atoms with Crippen molar-refractivity contribution in [3.63, 3.8) is 0 Å². The Labute approximate surface area is 138 Å². The molecule has 2 unspecified atom stereocenters. The Morgan fingerprint density at radius 3 is 1.17 bits per heavy atom. The molecule has 0 aromatic carbocycles. The highest BCUT2D eigenvalue weighted by atomic mass is 31.2. The summed E-state index contributed by atoms with van der Waals surface area (Å²) in [6.07, 6.45) is 0.533. The lowest BCUT2D eigenvalue weighted by Crippen LogP contribution is -2.44. The standard InChI is InChI=1S/C13H32N2O6P2/c1-12(2,3)14-10(22(16,17)18)8-7-9-11(23(19,20)21)15-13(4,5)6/h10-11,14-15H,7-9H2,1-6H3,(H2,16,17,18)(H2,19,20,21). The maximum atomic E-state index is 11.6. The van der Waals surface area contributed by atoms with Crippen LogP contribution in [0, 0.1) is 0 Å². The normalized spacial score (nSPS) is 17.1. The van der Waals surface area contributed by atoms with Gasteiger partial charge >= 0.3 is 15.2 Å². The third kappa shape index (κ3) is 11.4. The van der Waals surface area contributed by atoms with Crippen molar-refractivity contribution in [2.45, 2.75) is 83.4 Å². The molecule has 0 fully saturated rings. The first-order chi connectivity index (χ1) is 9.92. The molecular formula is C13H32N2O6P2. The summed E-state index contributed by atoms with van der Waals surface area (Å²) in [6.45, 7) is 10.8. The Morgan fingerprint density at radius 1 is 0.739 bits per heavy atom. The fourth-order valence-corrected chi connectivity index (χ4v) is 4.30. The molecule has 2 atom stereocenters. The van der Waals surface area contributed by atoms with Crippen LogP contribution >= 0.6 is 15.2 Å². The van der Waals surface area contributed by atoms with Crippen molar-refractivity contribution in [3.8, 4) is 0 Å². The Hall–Kier alpha value is 0.220. The largest absolute Gasteiger partial charge is 0.342 e. The number of hydrogen-bond donors (Lipinski definition) is 6. The van der Waals surface area contributed by atoms with E-state index in [0.717, 1.165) is 0 Å². The summed E-state index contributed by atoms with van der Waals surface area (Å²) >= 11 is 0. The molecule has 8 nitrogen and oxygen atoms in total. The molecule has 0 bridgehead atoms. The monoisotopic (exact) mass is 374 g/mol. The van der Waals surface area contributed by atoms with Gasteiger partial charge in [-0.05, 0) is 60.8 Å². The molecule has 0 saturated carbocycles. The van der Waals surface area contributed by atoms with Gasteiger partial charge in [0.1, 0.15) is 11.6 Å². The van der Waals surface area contributed by atoms with Crippen LogP contribution in [0.2, 0.25) is 0 Å². The van der Waals surface area contributed by atoms with E-state index >= 15 is 0 Å². The summed E-state index contributed by atoms with van der Waals surface area (Å²) in [5.74, 6) is -2.07. The Morgan fingerprint density at radius 2 is 1.00 bits per heavy atom. The molecule has 0 aromatic rings. The molecule has 0 aliphatic carbocycles. The van der Waals surface area contributed by atoms with Gasteiger partial charge in [0.15, 0.2) is 0 Å². The summed E-state index contributed by atoms with van der Waals surface area (Å²) in [5, 5.41) is 5.76. The molecule has 10 heteroatoms. The highest BCUT2D eigenvalue weighted by Crippen LogP contribution is 2.45. The zero-order valence-electron chi connectivity index (χ0n) is 14.8. The minimum atomic E-state index is -4.34. The summed E-state index contributed by atoms with van der Waals surface area (Å²) in [7, 11) is -8.68. The van der Waals surface area contributed by atoms with Crippen LogP contribution in [0.4, 0.5) is 0 Å². The highest BCUT2D eigenvalue weighted by molar-refractivity contribution is 7.52. The van der Waals surface area contributed by atoms with Crippen LogP contribution in [0.5, 0.6) is 0 Å². The molecule has 0 saturated heterocycles. The highest BCUT2D eigenvalue weighted by Gasteiger charge is 2.34. The van der Waals surface area contributed by atoms with Gasteiger partial charge in [0.25, 0.3) is 0 Å². The maximum absolute atomic E-state index is 11.6. The average molecular weight is 374 g/mol. The van der Waals surface area contributed by atoms with E-state index in [1.807, 2.05) is 0 Å². The summed E-state index contributed by atoms with van der Waals surface area (Å²) in [4.78, 5) is 37.7. The minimum Gasteiger partial charge on any atom is -0.323 e. The SMILES string of the molecule is CC(C)(C)NC(CCCC(NC(C)(C)C)P(=O)(O)O)P(=O)(O)O. The van der Waals surface area contributed by atoms with Crippen LogP contribution in [-0.4, -0.2) is 42.2 Å². The van der Waals surface area contributed by atoms with Crippen LogP contribution in [0.15, 0.2) is 0 Å². The van der Waals surface area contributed by atoms with E-state index < -0.39 is 37.8 Å². The second kappa shape index (κ2) is 8.07. The molecule has 0 aliphatic rings. The molecular weight excluding hydrogens is 342 g/mol. The average Bonchev–Trinajstić information content (AvgIpc) is 2.20. The second-order valence-electron chi connectivity index (χ2n) is 7.93. The van der Waals surface area contributed by atoms with Crippen molar-refractivity contribution in [2.75, 3.05) is 0 Å². The Bertz CT molecular complexity index is 418. The molecule has 0 aliphatic heterocycles. The van der Waals surface area contributed by atoms with Crippen molar-refractivity contribution >= 4 is 15.2 Å². The molecule has 0 aromatic heterocycles. The zero-order chi connectivity index (χ0) is 18.7. The van der Waals surface area contributed by atoms with Gasteiger partial charge in [-0.1, -0.05) is 0 Å². The molecule has 6 N–H and O–H groups in total. The van der Waals surface area contributed by atoms with Crippen molar-refractivity contribution in [2.24, 2.45) is 0 Å². The van der Waals surface area contributed by atoms with Gasteiger partial charge in [0, 0.05) is 11.1 Å². The molecule has 0 spiro atoms. The number of hydrogen-bond acceptors (Lipinski definition) is 4. The lowest BCUT2D eigenvalue weighted by atomic mass is 10.1. The second-order valence-corrected chi connectivity index (χ2v) is 11.5. The van der Waals surface area contributed by atoms with Crippen molar-refractivity contribution < 1.29 is 28.7 Å². The summed E-state index contributed by atoms with van der Waals surface area (Å²) in [6, 6.07) is 0. The van der Waals surface area contributed by atoms with E-state index in [-0.39, 0.29) is 19.3 Å². The lowest BCUT2D eigenvalue weighted by molar-refractivity contribution is 0.294. The quantitative estimate of drug-likeness (QED) is 0.354. The van der Waals surface area contributed by atoms with Gasteiger partial charge in [-0.2, -0.15) is 0 Å². The smallest absolute Gasteiger partial charge is 0.323 e. The number of nitrogens with one attached hydrogen (secondary N) is 2. The van der Waals surface area contributed by atoms with Gasteiger partial charge in [-0.3, -0.25) is 19.8 Å². The topological polar surface area (TPSA) is 139 Å². The summed E-state index contributed by atoms with van der Waals surface area (Å²) in [5.41, 5.74) is -0.948. The lowest BCUT2D eigenvalue weighted by Gasteiger charge is -2.31. The van der Waals surface area contributed by atoms with Crippen molar-refractivity contribution in [1.82, 2.24) is 10.6 Å². The molecule has 0 radical (unpaired) electrons. The van der Waals surface area contributed by atoms with Gasteiger partial charge in [-0.25, -0.2) is 0 Å². The number of rotatable bonds is 8. The predicted molar refractivity (Wildman–Crippen MR) is 91.3 cm³/mol. The van der Waals surface area contributed by atoms with Gasteiger partial charge in [0.05, 0.1) is 0 Å². The Kier molecular flexibility index (Phi) is 8.14. The van der Waals surface area contributed by atoms with Crippen molar-refractivity contribution in [3.05, 3.63) is 0 Å². The fourth-order valence-electron chi connectivity index (χ4n) is 2.15. The van der Waals surface area contributed by atoms with Crippen LogP contribution in [0.3, 0.4) is 0 Å². The van der Waals surface area contributed by atoms with E-state index in [9.17, 15) is 28.7 Å². The first kappa shape index (κ1) is 23.2. The predicted octanol–water partition coefficient (Wildman–Crippen LogP) is 1.94. The molecule has 0 rings (SSSR count). The van der Waals surface area contributed by atoms with Gasteiger partial charge in [-0.15, -0.1) is 0 Å². The van der Waals surface area contributed by atoms with E-state index in [0.29, 0.717) is 0 Å². The zero-order valence-corrected chi connectivity index (χ0v) is 16.6. The van der Waals surface area contributed by atoms with Crippen LogP contribution in [0.1, 0.15) is 60.8 Å². The Balaban J connectivity index is 4.83. The van der Waals surface area contributed by atoms with Gasteiger partial charge in [0.2, 0.25) is 0 Å². The van der Waals surface area contributed by atoms with Gasteiger partial charge < -0.3 is 19.6 Å². The molecule has 23 heavy (non-hydrogen) atoms. The molecule has 0 heterocycles. The third-order valence-electron chi connectivity index (χ3n) is 2.97. The molecule has 140 valence electrons. The van der Waals surface area contributed by atoms with Crippen LogP contribution in [0.25, 0.3) is 0 Å². The molecule has 0 amide bonds. The van der Waals surface area contributed by atoms with E-state index in [4.69, 9.17) is 0 Å².